The number of aliphatic hydroxyl groups is 9. The molecular weight excluding hydrogens is 494 g/mol. The molecule has 16 heteroatoms. The van der Waals surface area contributed by atoms with Crippen molar-refractivity contribution < 1.29 is 74.4 Å². The van der Waals surface area contributed by atoms with Crippen LogP contribution in [0.4, 0.5) is 0 Å². The minimum absolute atomic E-state index is 0.632. The maximum Gasteiger partial charge on any atom is 0.217 e. The second-order valence-corrected chi connectivity index (χ2v) is 9.05. The Morgan fingerprint density at radius 2 is 1.31 bits per heavy atom. The molecule has 0 spiro atoms. The Morgan fingerprint density at radius 3 is 1.89 bits per heavy atom. The summed E-state index contributed by atoms with van der Waals surface area (Å²) in [5.41, 5.74) is 0. The third kappa shape index (κ3) is 5.97. The number of nitrogens with one attached hydrogen (secondary N) is 1. The van der Waals surface area contributed by atoms with E-state index in [1.165, 1.54) is 6.92 Å². The number of carbonyl (C=O) groups excluding carboxylic acids is 1. The molecule has 3 fully saturated rings. The van der Waals surface area contributed by atoms with Crippen LogP contribution < -0.4 is 5.32 Å². The fraction of sp³-hybridized carbons (Fsp3) is 0.950. The Balaban J connectivity index is 1.89. The van der Waals surface area contributed by atoms with E-state index in [4.69, 9.17) is 23.7 Å². The van der Waals surface area contributed by atoms with Crippen molar-refractivity contribution in [1.82, 2.24) is 5.32 Å². The number of hydrogen-bond donors (Lipinski definition) is 10. The van der Waals surface area contributed by atoms with Crippen molar-refractivity contribution in [2.75, 3.05) is 13.2 Å². The van der Waals surface area contributed by atoms with E-state index in [-0.39, 0.29) is 0 Å². The number of ether oxygens (including phenoxy) is 5. The Morgan fingerprint density at radius 1 is 0.722 bits per heavy atom. The first-order valence-corrected chi connectivity index (χ1v) is 11.4. The van der Waals surface area contributed by atoms with Gasteiger partial charge in [0.2, 0.25) is 5.91 Å². The van der Waals surface area contributed by atoms with Crippen LogP contribution in [0.1, 0.15) is 13.8 Å². The first kappa shape index (κ1) is 29.5. The van der Waals surface area contributed by atoms with Crippen LogP contribution in [-0.4, -0.2) is 157 Å². The van der Waals surface area contributed by atoms with Gasteiger partial charge in [0.15, 0.2) is 18.9 Å². The van der Waals surface area contributed by atoms with Crippen LogP contribution in [0.15, 0.2) is 0 Å². The number of rotatable bonds is 7. The molecule has 0 saturated carbocycles. The first-order valence-electron chi connectivity index (χ1n) is 11.4. The molecule has 15 atom stereocenters. The van der Waals surface area contributed by atoms with Crippen molar-refractivity contribution in [2.45, 2.75) is 106 Å². The minimum atomic E-state index is -1.83. The predicted molar refractivity (Wildman–Crippen MR) is 111 cm³/mol. The fourth-order valence-corrected chi connectivity index (χ4v) is 4.38. The lowest BCUT2D eigenvalue weighted by Gasteiger charge is -2.48. The van der Waals surface area contributed by atoms with Gasteiger partial charge in [0.05, 0.1) is 19.3 Å². The standard InChI is InChI=1S/C20H35NO15/c1-5-10(25)13(28)15(30)19(32-5)36-17-14(29)11(26)7(3-22)34-20(17)35-16-9(21-6(2)24)18(31)33-8(4-23)12(16)27/h5,7-20,22-23,25-31H,3-4H2,1-2H3,(H,21,24)/t5-,7-,8-,9-,10+,11+,12+,13+,14+,15-,16-,17-,18+,19-,20+/m1/s1. The Kier molecular flexibility index (Phi) is 9.97. The molecule has 0 radical (unpaired) electrons. The molecule has 3 aliphatic rings. The number of aliphatic hydroxyl groups excluding tert-OH is 9. The number of amides is 1. The normalized spacial score (nSPS) is 50.0. The van der Waals surface area contributed by atoms with Crippen molar-refractivity contribution in [3.05, 3.63) is 0 Å². The summed E-state index contributed by atoms with van der Waals surface area (Å²) in [5, 5.41) is 93.8. The molecule has 0 bridgehead atoms. The van der Waals surface area contributed by atoms with Crippen molar-refractivity contribution in [3.8, 4) is 0 Å². The van der Waals surface area contributed by atoms with E-state index >= 15 is 0 Å². The van der Waals surface area contributed by atoms with Gasteiger partial charge in [-0.15, -0.1) is 0 Å². The summed E-state index contributed by atoms with van der Waals surface area (Å²) in [6.45, 7) is 1.00. The molecule has 0 aliphatic carbocycles. The van der Waals surface area contributed by atoms with Gasteiger partial charge in [-0.2, -0.15) is 0 Å². The predicted octanol–water partition coefficient (Wildman–Crippen LogP) is -6.40. The van der Waals surface area contributed by atoms with Crippen LogP contribution in [0.5, 0.6) is 0 Å². The van der Waals surface area contributed by atoms with Crippen molar-refractivity contribution in [1.29, 1.82) is 0 Å². The summed E-state index contributed by atoms with van der Waals surface area (Å²) >= 11 is 0. The molecule has 0 aromatic rings. The Labute approximate surface area is 205 Å². The van der Waals surface area contributed by atoms with Gasteiger partial charge in [-0.05, 0) is 6.92 Å². The maximum atomic E-state index is 11.7. The zero-order valence-electron chi connectivity index (χ0n) is 19.5. The third-order valence-electron chi connectivity index (χ3n) is 6.46. The minimum Gasteiger partial charge on any atom is -0.394 e. The van der Waals surface area contributed by atoms with E-state index in [2.05, 4.69) is 5.32 Å². The molecule has 0 aromatic heterocycles. The topological polar surface area (TPSA) is 257 Å². The molecule has 210 valence electrons. The van der Waals surface area contributed by atoms with E-state index in [9.17, 15) is 50.8 Å². The average Bonchev–Trinajstić information content (AvgIpc) is 2.83. The summed E-state index contributed by atoms with van der Waals surface area (Å²) in [6, 6.07) is -1.39. The second kappa shape index (κ2) is 12.2. The molecule has 3 rings (SSSR count). The van der Waals surface area contributed by atoms with Crippen LogP contribution in [0.2, 0.25) is 0 Å². The van der Waals surface area contributed by atoms with E-state index in [0.29, 0.717) is 0 Å². The summed E-state index contributed by atoms with van der Waals surface area (Å²) in [7, 11) is 0. The Hall–Kier alpha value is -1.09. The summed E-state index contributed by atoms with van der Waals surface area (Å²) in [4.78, 5) is 11.7. The molecule has 0 aromatic carbocycles. The van der Waals surface area contributed by atoms with Crippen molar-refractivity contribution in [3.63, 3.8) is 0 Å². The average molecular weight is 529 g/mol. The summed E-state index contributed by atoms with van der Waals surface area (Å²) in [6.07, 6.45) is -22.2. The highest BCUT2D eigenvalue weighted by molar-refractivity contribution is 5.73. The van der Waals surface area contributed by atoms with E-state index in [1.54, 1.807) is 0 Å². The molecule has 1 amide bonds. The molecule has 3 saturated heterocycles. The Bertz CT molecular complexity index is 731. The summed E-state index contributed by atoms with van der Waals surface area (Å²) in [5.74, 6) is -0.632. The van der Waals surface area contributed by atoms with E-state index in [1.807, 2.05) is 0 Å². The monoisotopic (exact) mass is 529 g/mol. The SMILES string of the molecule is CC(=O)N[C@@H]1[C@@H](O[C@@H]2O[C@H](CO)[C@H](O)[C@H](O)[C@H]2O[C@H]2O[C@H](C)[C@H](O)[C@H](O)[C@H]2O)[C@@H](O)[C@@H](CO)O[C@@H]1O. The van der Waals surface area contributed by atoms with Gasteiger partial charge >= 0.3 is 0 Å². The third-order valence-corrected chi connectivity index (χ3v) is 6.46. The van der Waals surface area contributed by atoms with Crippen LogP contribution in [-0.2, 0) is 28.5 Å². The van der Waals surface area contributed by atoms with E-state index < -0.39 is 111 Å². The van der Waals surface area contributed by atoms with Gasteiger partial charge < -0.3 is 75.0 Å². The molecule has 0 unspecified atom stereocenters. The van der Waals surface area contributed by atoms with Gasteiger partial charge in [-0.25, -0.2) is 0 Å². The quantitative estimate of drug-likeness (QED) is 0.147. The van der Waals surface area contributed by atoms with Gasteiger partial charge in [-0.1, -0.05) is 0 Å². The first-order chi connectivity index (χ1) is 16.9. The molecule has 16 nitrogen and oxygen atoms in total. The van der Waals surface area contributed by atoms with Crippen molar-refractivity contribution in [2.24, 2.45) is 0 Å². The van der Waals surface area contributed by atoms with Crippen LogP contribution in [0, 0.1) is 0 Å². The zero-order chi connectivity index (χ0) is 26.9. The molecule has 36 heavy (non-hydrogen) atoms. The fourth-order valence-electron chi connectivity index (χ4n) is 4.38. The maximum absolute atomic E-state index is 11.7. The van der Waals surface area contributed by atoms with Crippen LogP contribution >= 0.6 is 0 Å². The van der Waals surface area contributed by atoms with Crippen LogP contribution in [0.25, 0.3) is 0 Å². The van der Waals surface area contributed by atoms with Crippen LogP contribution in [0.3, 0.4) is 0 Å². The summed E-state index contributed by atoms with van der Waals surface area (Å²) < 4.78 is 27.4. The highest BCUT2D eigenvalue weighted by atomic mass is 16.8. The smallest absolute Gasteiger partial charge is 0.217 e. The lowest BCUT2D eigenvalue weighted by molar-refractivity contribution is -0.380. The largest absolute Gasteiger partial charge is 0.394 e. The molecule has 3 aliphatic heterocycles. The lowest BCUT2D eigenvalue weighted by Crippen LogP contribution is -2.68. The van der Waals surface area contributed by atoms with Gasteiger partial charge in [0.1, 0.15) is 67.1 Å². The molecule has 10 N–H and O–H groups in total. The molecule has 3 heterocycles. The lowest BCUT2D eigenvalue weighted by atomic mass is 9.95. The number of hydrogen-bond acceptors (Lipinski definition) is 15. The van der Waals surface area contributed by atoms with Gasteiger partial charge in [0.25, 0.3) is 0 Å². The van der Waals surface area contributed by atoms with Crippen molar-refractivity contribution >= 4 is 5.91 Å². The van der Waals surface area contributed by atoms with E-state index in [0.717, 1.165) is 6.92 Å². The highest BCUT2D eigenvalue weighted by Crippen LogP contribution is 2.32. The zero-order valence-corrected chi connectivity index (χ0v) is 19.5. The van der Waals surface area contributed by atoms with Gasteiger partial charge in [0, 0.05) is 6.92 Å². The van der Waals surface area contributed by atoms with Gasteiger partial charge in [-0.3, -0.25) is 4.79 Å². The second-order valence-electron chi connectivity index (χ2n) is 9.05. The highest BCUT2D eigenvalue weighted by Gasteiger charge is 2.53. The number of carbonyl (C=O) groups is 1. The molecular formula is C20H35NO15.